The molecule has 0 spiro atoms. The van der Waals surface area contributed by atoms with E-state index in [4.69, 9.17) is 9.47 Å². The number of nitrogens with one attached hydrogen (secondary N) is 1. The third-order valence-corrected chi connectivity index (χ3v) is 4.09. The molecule has 30 heavy (non-hydrogen) atoms. The van der Waals surface area contributed by atoms with Crippen LogP contribution in [0.25, 0.3) is 5.69 Å². The van der Waals surface area contributed by atoms with E-state index >= 15 is 0 Å². The van der Waals surface area contributed by atoms with E-state index in [0.29, 0.717) is 12.4 Å². The lowest BCUT2D eigenvalue weighted by molar-refractivity contribution is -0.384. The molecule has 0 unspecified atom stereocenters. The van der Waals surface area contributed by atoms with E-state index in [1.54, 1.807) is 31.2 Å². The first-order valence-electron chi connectivity index (χ1n) is 9.09. The number of ether oxygens (including phenoxy) is 2. The van der Waals surface area contributed by atoms with Crippen LogP contribution in [-0.2, 0) is 9.53 Å². The molecule has 0 aliphatic rings. The predicted octanol–water partition coefficient (Wildman–Crippen LogP) is 3.58. The summed E-state index contributed by atoms with van der Waals surface area (Å²) >= 11 is 0. The van der Waals surface area contributed by atoms with Crippen molar-refractivity contribution < 1.29 is 24.0 Å². The fourth-order valence-electron chi connectivity index (χ4n) is 2.70. The monoisotopic (exact) mass is 409 g/mol. The van der Waals surface area contributed by atoms with E-state index in [1.807, 2.05) is 29.1 Å². The number of nitro groups is 1. The predicted molar refractivity (Wildman–Crippen MR) is 109 cm³/mol. The van der Waals surface area contributed by atoms with Crippen molar-refractivity contribution in [2.24, 2.45) is 0 Å². The van der Waals surface area contributed by atoms with Crippen molar-refractivity contribution in [3.8, 4) is 11.4 Å². The zero-order valence-electron chi connectivity index (χ0n) is 16.1. The van der Waals surface area contributed by atoms with E-state index in [1.165, 1.54) is 18.2 Å². The van der Waals surface area contributed by atoms with Gasteiger partial charge in [0.25, 0.3) is 11.6 Å². The van der Waals surface area contributed by atoms with Crippen LogP contribution < -0.4 is 10.1 Å². The molecule has 0 saturated heterocycles. The molecule has 2 aromatic carbocycles. The molecule has 154 valence electrons. The number of carbonyl (C=O) groups is 2. The number of carbonyl (C=O) groups excluding carboxylic acids is 2. The van der Waals surface area contributed by atoms with Crippen LogP contribution in [0.1, 0.15) is 17.3 Å². The van der Waals surface area contributed by atoms with E-state index in [2.05, 4.69) is 5.32 Å². The summed E-state index contributed by atoms with van der Waals surface area (Å²) in [7, 11) is 0. The number of rotatable bonds is 8. The van der Waals surface area contributed by atoms with Gasteiger partial charge < -0.3 is 19.4 Å². The van der Waals surface area contributed by atoms with Gasteiger partial charge in [0.05, 0.1) is 23.2 Å². The van der Waals surface area contributed by atoms with Crippen molar-refractivity contribution in [2.75, 3.05) is 18.5 Å². The number of hydrogen-bond acceptors (Lipinski definition) is 6. The summed E-state index contributed by atoms with van der Waals surface area (Å²) in [6.07, 6.45) is 3.75. The molecule has 0 radical (unpaired) electrons. The molecular weight excluding hydrogens is 390 g/mol. The highest BCUT2D eigenvalue weighted by molar-refractivity contribution is 5.97. The van der Waals surface area contributed by atoms with Crippen LogP contribution in [0.3, 0.4) is 0 Å². The van der Waals surface area contributed by atoms with Crippen molar-refractivity contribution >= 4 is 23.3 Å². The van der Waals surface area contributed by atoms with Crippen molar-refractivity contribution in [3.63, 3.8) is 0 Å². The summed E-state index contributed by atoms with van der Waals surface area (Å²) in [6.45, 7) is 1.53. The summed E-state index contributed by atoms with van der Waals surface area (Å²) in [5.41, 5.74) is 0.824. The molecule has 0 aliphatic carbocycles. The van der Waals surface area contributed by atoms with Gasteiger partial charge in [-0.25, -0.2) is 4.79 Å². The van der Waals surface area contributed by atoms with Crippen LogP contribution in [0.2, 0.25) is 0 Å². The number of esters is 1. The lowest BCUT2D eigenvalue weighted by Gasteiger charge is -2.09. The fraction of sp³-hybridized carbons (Fsp3) is 0.143. The van der Waals surface area contributed by atoms with Gasteiger partial charge in [0.2, 0.25) is 0 Å². The highest BCUT2D eigenvalue weighted by atomic mass is 16.6. The number of nitrogens with zero attached hydrogens (tertiary/aromatic N) is 2. The maximum absolute atomic E-state index is 12.2. The molecular formula is C21H19N3O6. The number of nitro benzene ring substituents is 1. The molecule has 0 aliphatic heterocycles. The molecule has 1 amide bonds. The van der Waals surface area contributed by atoms with Crippen molar-refractivity contribution in [1.29, 1.82) is 0 Å². The second-order valence-corrected chi connectivity index (χ2v) is 6.13. The zero-order chi connectivity index (χ0) is 21.5. The van der Waals surface area contributed by atoms with Gasteiger partial charge >= 0.3 is 5.97 Å². The first kappa shape index (κ1) is 20.6. The van der Waals surface area contributed by atoms with Gasteiger partial charge in [0.1, 0.15) is 11.4 Å². The smallest absolute Gasteiger partial charge is 0.338 e. The SMILES string of the molecule is CCOc1ccc(NC(=O)COC(=O)c2ccc(-n3cccc3)cc2)c([N+](=O)[O-])c1. The molecule has 3 rings (SSSR count). The molecule has 1 heterocycles. The van der Waals surface area contributed by atoms with Crippen LogP contribution in [-0.4, -0.2) is 34.6 Å². The third kappa shape index (κ3) is 5.02. The van der Waals surface area contributed by atoms with E-state index in [-0.39, 0.29) is 16.9 Å². The number of amides is 1. The minimum Gasteiger partial charge on any atom is -0.494 e. The molecule has 0 saturated carbocycles. The topological polar surface area (TPSA) is 113 Å². The van der Waals surface area contributed by atoms with Crippen LogP contribution in [0.4, 0.5) is 11.4 Å². The average Bonchev–Trinajstić information content (AvgIpc) is 3.28. The molecule has 0 atom stereocenters. The number of anilines is 1. The summed E-state index contributed by atoms with van der Waals surface area (Å²) < 4.78 is 12.1. The van der Waals surface area contributed by atoms with Gasteiger partial charge in [-0.3, -0.25) is 14.9 Å². The van der Waals surface area contributed by atoms with E-state index in [9.17, 15) is 19.7 Å². The second kappa shape index (κ2) is 9.37. The minimum atomic E-state index is -0.695. The zero-order valence-corrected chi connectivity index (χ0v) is 16.1. The Balaban J connectivity index is 1.59. The number of aromatic nitrogens is 1. The van der Waals surface area contributed by atoms with Crippen molar-refractivity contribution in [1.82, 2.24) is 4.57 Å². The first-order chi connectivity index (χ1) is 14.5. The molecule has 9 nitrogen and oxygen atoms in total. The molecule has 0 bridgehead atoms. The Labute approximate surface area is 172 Å². The standard InChI is InChI=1S/C21H19N3O6/c1-2-29-17-9-10-18(19(13-17)24(27)28)22-20(25)14-30-21(26)15-5-7-16(8-6-15)23-11-3-4-12-23/h3-13H,2,14H2,1H3,(H,22,25). The summed E-state index contributed by atoms with van der Waals surface area (Å²) in [4.78, 5) is 34.9. The normalized spacial score (nSPS) is 10.3. The fourth-order valence-corrected chi connectivity index (χ4v) is 2.70. The van der Waals surface area contributed by atoms with Crippen LogP contribution in [0, 0.1) is 10.1 Å². The minimum absolute atomic E-state index is 0.0134. The van der Waals surface area contributed by atoms with E-state index < -0.39 is 23.4 Å². The Bertz CT molecular complexity index is 1050. The highest BCUT2D eigenvalue weighted by Crippen LogP contribution is 2.29. The Morgan fingerprint density at radius 3 is 2.43 bits per heavy atom. The third-order valence-electron chi connectivity index (χ3n) is 4.09. The maximum atomic E-state index is 12.2. The number of benzene rings is 2. The average molecular weight is 409 g/mol. The molecule has 1 aromatic heterocycles. The van der Waals surface area contributed by atoms with Crippen LogP contribution in [0.15, 0.2) is 67.0 Å². The van der Waals surface area contributed by atoms with Crippen LogP contribution >= 0.6 is 0 Å². The van der Waals surface area contributed by atoms with Gasteiger partial charge in [-0.1, -0.05) is 0 Å². The summed E-state index contributed by atoms with van der Waals surface area (Å²) in [6, 6.07) is 14.5. The van der Waals surface area contributed by atoms with Crippen molar-refractivity contribution in [2.45, 2.75) is 6.92 Å². The van der Waals surface area contributed by atoms with Gasteiger partial charge in [0.15, 0.2) is 6.61 Å². The maximum Gasteiger partial charge on any atom is 0.338 e. The quantitative estimate of drug-likeness (QED) is 0.346. The highest BCUT2D eigenvalue weighted by Gasteiger charge is 2.18. The summed E-state index contributed by atoms with van der Waals surface area (Å²) in [5.74, 6) is -1.05. The van der Waals surface area contributed by atoms with Gasteiger partial charge in [-0.05, 0) is 55.5 Å². The Morgan fingerprint density at radius 1 is 1.10 bits per heavy atom. The van der Waals surface area contributed by atoms with Gasteiger partial charge in [0, 0.05) is 18.1 Å². The Morgan fingerprint density at radius 2 is 1.80 bits per heavy atom. The van der Waals surface area contributed by atoms with E-state index in [0.717, 1.165) is 5.69 Å². The molecule has 1 N–H and O–H groups in total. The molecule has 3 aromatic rings. The summed E-state index contributed by atoms with van der Waals surface area (Å²) in [5, 5.41) is 13.6. The van der Waals surface area contributed by atoms with Gasteiger partial charge in [-0.2, -0.15) is 0 Å². The molecule has 9 heteroatoms. The largest absolute Gasteiger partial charge is 0.494 e. The van der Waals surface area contributed by atoms with Gasteiger partial charge in [-0.15, -0.1) is 0 Å². The lowest BCUT2D eigenvalue weighted by atomic mass is 10.2. The first-order valence-corrected chi connectivity index (χ1v) is 9.09. The van der Waals surface area contributed by atoms with Crippen LogP contribution in [0.5, 0.6) is 5.75 Å². The molecule has 0 fully saturated rings. The second-order valence-electron chi connectivity index (χ2n) is 6.13. The van der Waals surface area contributed by atoms with Crippen molar-refractivity contribution in [3.05, 3.63) is 82.7 Å². The number of hydrogen-bond donors (Lipinski definition) is 1. The Kier molecular flexibility index (Phi) is 6.43. The lowest BCUT2D eigenvalue weighted by Crippen LogP contribution is -2.21. The Hall–Kier alpha value is -4.14.